The molecule has 114 valence electrons. The van der Waals surface area contributed by atoms with Gasteiger partial charge in [-0.25, -0.2) is 0 Å². The highest BCUT2D eigenvalue weighted by Crippen LogP contribution is 2.29. The van der Waals surface area contributed by atoms with E-state index in [2.05, 4.69) is 63.1 Å². The molecular formula is C16H30N4. The number of aromatic nitrogens is 2. The Labute approximate surface area is 123 Å². The SMILES string of the molecule is CCn1cc(N2CC(C(C)(C)C)NCC2C(C)C)cn1. The molecule has 0 spiro atoms. The van der Waals surface area contributed by atoms with Gasteiger partial charge in [-0.05, 0) is 18.3 Å². The number of anilines is 1. The van der Waals surface area contributed by atoms with Crippen molar-refractivity contribution in [3.8, 4) is 0 Å². The number of nitrogens with one attached hydrogen (secondary N) is 1. The number of piperazine rings is 1. The average Bonchev–Trinajstić information content (AvgIpc) is 2.85. The molecule has 2 rings (SSSR count). The summed E-state index contributed by atoms with van der Waals surface area (Å²) in [7, 11) is 0. The van der Waals surface area contributed by atoms with Gasteiger partial charge in [-0.2, -0.15) is 5.10 Å². The van der Waals surface area contributed by atoms with Crippen LogP contribution in [-0.4, -0.2) is 35.0 Å². The van der Waals surface area contributed by atoms with Gasteiger partial charge in [0.15, 0.2) is 0 Å². The van der Waals surface area contributed by atoms with E-state index >= 15 is 0 Å². The van der Waals surface area contributed by atoms with Gasteiger partial charge in [0.1, 0.15) is 0 Å². The van der Waals surface area contributed by atoms with Crippen molar-refractivity contribution in [2.75, 3.05) is 18.0 Å². The zero-order valence-corrected chi connectivity index (χ0v) is 13.8. The van der Waals surface area contributed by atoms with Crippen LogP contribution < -0.4 is 10.2 Å². The summed E-state index contributed by atoms with van der Waals surface area (Å²) < 4.78 is 2.01. The highest BCUT2D eigenvalue weighted by molar-refractivity contribution is 5.45. The van der Waals surface area contributed by atoms with Crippen LogP contribution in [0.15, 0.2) is 12.4 Å². The van der Waals surface area contributed by atoms with Crippen LogP contribution in [0, 0.1) is 11.3 Å². The van der Waals surface area contributed by atoms with Gasteiger partial charge in [0.05, 0.1) is 11.9 Å². The quantitative estimate of drug-likeness (QED) is 0.923. The van der Waals surface area contributed by atoms with Gasteiger partial charge in [-0.15, -0.1) is 0 Å². The van der Waals surface area contributed by atoms with Gasteiger partial charge >= 0.3 is 0 Å². The van der Waals surface area contributed by atoms with Crippen LogP contribution in [0.1, 0.15) is 41.5 Å². The second-order valence-electron chi connectivity index (χ2n) is 7.34. The fraction of sp³-hybridized carbons (Fsp3) is 0.812. The molecule has 1 aliphatic rings. The van der Waals surface area contributed by atoms with Crippen molar-refractivity contribution in [3.05, 3.63) is 12.4 Å². The van der Waals surface area contributed by atoms with Gasteiger partial charge in [-0.1, -0.05) is 34.6 Å². The molecule has 0 aromatic carbocycles. The molecule has 1 aliphatic heterocycles. The molecule has 20 heavy (non-hydrogen) atoms. The van der Waals surface area contributed by atoms with Crippen LogP contribution in [0.25, 0.3) is 0 Å². The Hall–Kier alpha value is -1.03. The molecule has 1 N–H and O–H groups in total. The second kappa shape index (κ2) is 5.76. The van der Waals surface area contributed by atoms with E-state index in [0.717, 1.165) is 19.6 Å². The lowest BCUT2D eigenvalue weighted by atomic mass is 9.83. The Morgan fingerprint density at radius 3 is 2.60 bits per heavy atom. The molecule has 4 heteroatoms. The Balaban J connectivity index is 2.23. The van der Waals surface area contributed by atoms with E-state index in [-0.39, 0.29) is 5.41 Å². The van der Waals surface area contributed by atoms with Crippen molar-refractivity contribution in [2.24, 2.45) is 11.3 Å². The lowest BCUT2D eigenvalue weighted by molar-refractivity contribution is 0.221. The van der Waals surface area contributed by atoms with Gasteiger partial charge in [-0.3, -0.25) is 4.68 Å². The molecule has 0 saturated carbocycles. The van der Waals surface area contributed by atoms with Crippen LogP contribution >= 0.6 is 0 Å². The Kier molecular flexibility index (Phi) is 4.43. The van der Waals surface area contributed by atoms with Gasteiger partial charge in [0.2, 0.25) is 0 Å². The molecule has 0 bridgehead atoms. The second-order valence-corrected chi connectivity index (χ2v) is 7.34. The molecule has 1 fully saturated rings. The maximum absolute atomic E-state index is 4.45. The van der Waals surface area contributed by atoms with Gasteiger partial charge in [0.25, 0.3) is 0 Å². The summed E-state index contributed by atoms with van der Waals surface area (Å²) >= 11 is 0. The third kappa shape index (κ3) is 3.17. The highest BCUT2D eigenvalue weighted by Gasteiger charge is 2.35. The zero-order valence-electron chi connectivity index (χ0n) is 13.8. The third-order valence-electron chi connectivity index (χ3n) is 4.44. The molecule has 2 atom stereocenters. The number of rotatable bonds is 3. The van der Waals surface area contributed by atoms with E-state index < -0.39 is 0 Å². The lowest BCUT2D eigenvalue weighted by Crippen LogP contribution is -2.61. The number of nitrogens with zero attached hydrogens (tertiary/aromatic N) is 3. The summed E-state index contributed by atoms with van der Waals surface area (Å²) in [6.07, 6.45) is 4.20. The summed E-state index contributed by atoms with van der Waals surface area (Å²) in [6.45, 7) is 16.7. The standard InChI is InChI=1S/C16H30N4/c1-7-19-10-13(8-18-19)20-11-15(16(4,5)6)17-9-14(20)12(2)3/h8,10,12,14-15,17H,7,9,11H2,1-6H3. The third-order valence-corrected chi connectivity index (χ3v) is 4.44. The fourth-order valence-electron chi connectivity index (χ4n) is 2.92. The predicted molar refractivity (Wildman–Crippen MR) is 85.1 cm³/mol. The largest absolute Gasteiger partial charge is 0.363 e. The Bertz CT molecular complexity index is 430. The van der Waals surface area contributed by atoms with E-state index in [9.17, 15) is 0 Å². The maximum Gasteiger partial charge on any atom is 0.0756 e. The Morgan fingerprint density at radius 2 is 2.10 bits per heavy atom. The first kappa shape index (κ1) is 15.4. The summed E-state index contributed by atoms with van der Waals surface area (Å²) in [6, 6.07) is 1.06. The van der Waals surface area contributed by atoms with Crippen LogP contribution in [0.3, 0.4) is 0 Å². The topological polar surface area (TPSA) is 33.1 Å². The molecule has 0 radical (unpaired) electrons. The smallest absolute Gasteiger partial charge is 0.0756 e. The average molecular weight is 278 g/mol. The summed E-state index contributed by atoms with van der Waals surface area (Å²) in [5.41, 5.74) is 1.54. The first-order valence-electron chi connectivity index (χ1n) is 7.85. The minimum absolute atomic E-state index is 0.279. The van der Waals surface area contributed by atoms with Crippen molar-refractivity contribution in [3.63, 3.8) is 0 Å². The molecular weight excluding hydrogens is 248 g/mol. The molecule has 4 nitrogen and oxygen atoms in total. The Morgan fingerprint density at radius 1 is 1.40 bits per heavy atom. The summed E-state index contributed by atoms with van der Waals surface area (Å²) in [4.78, 5) is 2.55. The molecule has 1 saturated heterocycles. The van der Waals surface area contributed by atoms with Crippen molar-refractivity contribution in [2.45, 2.75) is 60.2 Å². The van der Waals surface area contributed by atoms with Gasteiger partial charge < -0.3 is 10.2 Å². The van der Waals surface area contributed by atoms with Crippen molar-refractivity contribution >= 4 is 5.69 Å². The lowest BCUT2D eigenvalue weighted by Gasteiger charge is -2.47. The molecule has 2 heterocycles. The summed E-state index contributed by atoms with van der Waals surface area (Å²) in [5.74, 6) is 0.633. The van der Waals surface area contributed by atoms with Crippen molar-refractivity contribution in [1.29, 1.82) is 0 Å². The number of hydrogen-bond donors (Lipinski definition) is 1. The van der Waals surface area contributed by atoms with Crippen molar-refractivity contribution < 1.29 is 0 Å². The monoisotopic (exact) mass is 278 g/mol. The normalized spacial score (nSPS) is 24.4. The van der Waals surface area contributed by atoms with E-state index in [0.29, 0.717) is 18.0 Å². The van der Waals surface area contributed by atoms with Crippen LogP contribution in [-0.2, 0) is 6.54 Å². The van der Waals surface area contributed by atoms with Crippen LogP contribution in [0.4, 0.5) is 5.69 Å². The fourth-order valence-corrected chi connectivity index (χ4v) is 2.92. The van der Waals surface area contributed by atoms with Crippen molar-refractivity contribution in [1.82, 2.24) is 15.1 Å². The minimum Gasteiger partial charge on any atom is -0.363 e. The van der Waals surface area contributed by atoms with E-state index in [1.807, 2.05) is 10.9 Å². The zero-order chi connectivity index (χ0) is 14.9. The van der Waals surface area contributed by atoms with Gasteiger partial charge in [0, 0.05) is 37.9 Å². The molecule has 1 aromatic rings. The summed E-state index contributed by atoms with van der Waals surface area (Å²) in [5, 5.41) is 8.19. The molecule has 0 amide bonds. The molecule has 1 aromatic heterocycles. The van der Waals surface area contributed by atoms with E-state index in [4.69, 9.17) is 0 Å². The highest BCUT2D eigenvalue weighted by atomic mass is 15.3. The minimum atomic E-state index is 0.279. The molecule has 2 unspecified atom stereocenters. The van der Waals surface area contributed by atoms with Crippen LogP contribution in [0.5, 0.6) is 0 Å². The number of aryl methyl sites for hydroxylation is 1. The predicted octanol–water partition coefficient (Wildman–Crippen LogP) is 2.75. The molecule has 0 aliphatic carbocycles. The maximum atomic E-state index is 4.45. The first-order valence-corrected chi connectivity index (χ1v) is 7.85. The van der Waals surface area contributed by atoms with Crippen LogP contribution in [0.2, 0.25) is 0 Å². The van der Waals surface area contributed by atoms with E-state index in [1.165, 1.54) is 5.69 Å². The van der Waals surface area contributed by atoms with E-state index in [1.54, 1.807) is 0 Å². The number of hydrogen-bond acceptors (Lipinski definition) is 3. The first-order chi connectivity index (χ1) is 9.32.